The molecule has 33 heavy (non-hydrogen) atoms. The first-order valence-electron chi connectivity index (χ1n) is 10.2. The molecule has 0 spiro atoms. The molecule has 166 valence electrons. The maximum absolute atomic E-state index is 12.8. The number of hydrazine groups is 1. The lowest BCUT2D eigenvalue weighted by atomic mass is 10.1. The quantitative estimate of drug-likeness (QED) is 0.391. The second kappa shape index (κ2) is 9.54. The molecule has 0 aliphatic heterocycles. The molecule has 0 aliphatic rings. The average Bonchev–Trinajstić information content (AvgIpc) is 2.83. The van der Waals surface area contributed by atoms with E-state index in [9.17, 15) is 18.0 Å². The van der Waals surface area contributed by atoms with Gasteiger partial charge in [-0.15, -0.1) is 0 Å². The molecule has 0 unspecified atom stereocenters. The summed E-state index contributed by atoms with van der Waals surface area (Å²) < 4.78 is 25.5. The van der Waals surface area contributed by atoms with Crippen LogP contribution in [0.4, 0.5) is 10.5 Å². The molecular weight excluding hydrogens is 438 g/mol. The van der Waals surface area contributed by atoms with Crippen molar-refractivity contribution in [2.45, 2.75) is 16.2 Å². The highest BCUT2D eigenvalue weighted by atomic mass is 32.2. The fourth-order valence-electron chi connectivity index (χ4n) is 3.34. The number of carbonyl (C=O) groups is 2. The second-order valence-corrected chi connectivity index (χ2v) is 9.28. The second-order valence-electron chi connectivity index (χ2n) is 7.33. The minimum Gasteiger partial charge on any atom is -0.307 e. The number of nitrogens with one attached hydrogen (secondary N) is 3. The predicted molar refractivity (Wildman–Crippen MR) is 126 cm³/mol. The van der Waals surface area contributed by atoms with E-state index >= 15 is 0 Å². The van der Waals surface area contributed by atoms with Gasteiger partial charge in [0, 0.05) is 5.69 Å². The highest BCUT2D eigenvalue weighted by Gasteiger charge is 2.18. The van der Waals surface area contributed by atoms with Gasteiger partial charge in [0.05, 0.1) is 16.2 Å². The highest BCUT2D eigenvalue weighted by Crippen LogP contribution is 2.23. The van der Waals surface area contributed by atoms with Crippen LogP contribution in [0.25, 0.3) is 10.8 Å². The molecular formula is C25H21N3O4S. The first-order chi connectivity index (χ1) is 15.9. The van der Waals surface area contributed by atoms with E-state index in [1.165, 1.54) is 30.3 Å². The third kappa shape index (κ3) is 5.36. The van der Waals surface area contributed by atoms with Crippen molar-refractivity contribution in [3.05, 3.63) is 103 Å². The van der Waals surface area contributed by atoms with E-state index in [1.807, 2.05) is 42.5 Å². The average molecular weight is 460 g/mol. The number of benzene rings is 4. The third-order valence-electron chi connectivity index (χ3n) is 4.95. The molecule has 0 heterocycles. The topological polar surface area (TPSA) is 104 Å². The molecule has 0 bridgehead atoms. The Morgan fingerprint density at radius 3 is 2.15 bits per heavy atom. The van der Waals surface area contributed by atoms with Crippen LogP contribution in [0.5, 0.6) is 0 Å². The van der Waals surface area contributed by atoms with E-state index in [2.05, 4.69) is 16.2 Å². The van der Waals surface area contributed by atoms with Crippen molar-refractivity contribution in [3.63, 3.8) is 0 Å². The van der Waals surface area contributed by atoms with Crippen LogP contribution in [0.2, 0.25) is 0 Å². The number of fused-ring (bicyclic) bond motifs is 1. The molecule has 4 aromatic carbocycles. The lowest BCUT2D eigenvalue weighted by molar-refractivity contribution is -0.121. The van der Waals surface area contributed by atoms with Crippen LogP contribution in [0.15, 0.2) is 107 Å². The molecule has 0 atom stereocenters. The largest absolute Gasteiger partial charge is 0.337 e. The summed E-state index contributed by atoms with van der Waals surface area (Å²) in [6.45, 7) is 0. The number of amides is 3. The van der Waals surface area contributed by atoms with E-state index in [4.69, 9.17) is 0 Å². The van der Waals surface area contributed by atoms with Crippen molar-refractivity contribution in [1.29, 1.82) is 0 Å². The number of anilines is 1. The smallest absolute Gasteiger partial charge is 0.307 e. The Kier molecular flexibility index (Phi) is 6.37. The van der Waals surface area contributed by atoms with Gasteiger partial charge in [0.2, 0.25) is 15.7 Å². The molecule has 8 heteroatoms. The Bertz CT molecular complexity index is 1420. The Balaban J connectivity index is 1.35. The summed E-state index contributed by atoms with van der Waals surface area (Å²) in [5, 5.41) is 4.63. The van der Waals surface area contributed by atoms with Gasteiger partial charge in [-0.2, -0.15) is 0 Å². The minimum atomic E-state index is -3.71. The summed E-state index contributed by atoms with van der Waals surface area (Å²) in [5.41, 5.74) is 5.71. The molecule has 0 fully saturated rings. The van der Waals surface area contributed by atoms with E-state index in [-0.39, 0.29) is 27.8 Å². The minimum absolute atomic E-state index is 0.0480. The van der Waals surface area contributed by atoms with Gasteiger partial charge >= 0.3 is 6.03 Å². The molecule has 0 radical (unpaired) electrons. The number of urea groups is 1. The molecule has 0 aromatic heterocycles. The van der Waals surface area contributed by atoms with Crippen LogP contribution < -0.4 is 16.2 Å². The summed E-state index contributed by atoms with van der Waals surface area (Å²) >= 11 is 0. The Morgan fingerprint density at radius 1 is 0.667 bits per heavy atom. The SMILES string of the molecule is O=C(Cc1ccc2ccccc2c1)NNC(=O)Nc1cccc(S(=O)(=O)c2ccccc2)c1. The normalized spacial score (nSPS) is 11.0. The van der Waals surface area contributed by atoms with E-state index < -0.39 is 15.9 Å². The lowest BCUT2D eigenvalue weighted by Crippen LogP contribution is -2.44. The van der Waals surface area contributed by atoms with Crippen LogP contribution in [0.1, 0.15) is 5.56 Å². The molecule has 4 aromatic rings. The summed E-state index contributed by atoms with van der Waals surface area (Å²) in [6, 6.07) is 26.8. The zero-order valence-corrected chi connectivity index (χ0v) is 18.3. The standard InChI is InChI=1S/C25H21N3O4S/c29-24(16-18-13-14-19-7-4-5-8-20(19)15-18)27-28-25(30)26-21-9-6-12-23(17-21)33(31,32)22-10-2-1-3-11-22/h1-15,17H,16H2,(H,27,29)(H2,26,28,30). The maximum atomic E-state index is 12.8. The van der Waals surface area contributed by atoms with Crippen molar-refractivity contribution in [2.24, 2.45) is 0 Å². The number of sulfone groups is 1. The first-order valence-corrected chi connectivity index (χ1v) is 11.6. The summed E-state index contributed by atoms with van der Waals surface area (Å²) in [6.07, 6.45) is 0.0932. The van der Waals surface area contributed by atoms with Gasteiger partial charge in [-0.05, 0) is 46.7 Å². The van der Waals surface area contributed by atoms with Crippen LogP contribution in [0, 0.1) is 0 Å². The van der Waals surface area contributed by atoms with Gasteiger partial charge in [0.15, 0.2) is 0 Å². The molecule has 0 aliphatic carbocycles. The maximum Gasteiger partial charge on any atom is 0.337 e. The van der Waals surface area contributed by atoms with Crippen molar-refractivity contribution >= 4 is 38.2 Å². The Labute approximate surface area is 191 Å². The van der Waals surface area contributed by atoms with Crippen LogP contribution in [-0.4, -0.2) is 20.4 Å². The van der Waals surface area contributed by atoms with Crippen LogP contribution in [0.3, 0.4) is 0 Å². The monoisotopic (exact) mass is 459 g/mol. The van der Waals surface area contributed by atoms with Gasteiger partial charge < -0.3 is 5.32 Å². The van der Waals surface area contributed by atoms with Gasteiger partial charge in [-0.3, -0.25) is 10.2 Å². The lowest BCUT2D eigenvalue weighted by Gasteiger charge is -2.11. The predicted octanol–water partition coefficient (Wildman–Crippen LogP) is 4.07. The summed E-state index contributed by atoms with van der Waals surface area (Å²) in [4.78, 5) is 24.6. The molecule has 3 N–H and O–H groups in total. The zero-order valence-electron chi connectivity index (χ0n) is 17.5. The number of carbonyl (C=O) groups excluding carboxylic acids is 2. The van der Waals surface area contributed by atoms with Crippen molar-refractivity contribution in [2.75, 3.05) is 5.32 Å². The Hall–Kier alpha value is -4.17. The van der Waals surface area contributed by atoms with Crippen molar-refractivity contribution in [1.82, 2.24) is 10.9 Å². The van der Waals surface area contributed by atoms with Gasteiger partial charge in [-0.25, -0.2) is 18.6 Å². The van der Waals surface area contributed by atoms with Crippen molar-refractivity contribution < 1.29 is 18.0 Å². The fraction of sp³-hybridized carbons (Fsp3) is 0.0400. The fourth-order valence-corrected chi connectivity index (χ4v) is 4.67. The summed E-state index contributed by atoms with van der Waals surface area (Å²) in [5.74, 6) is -0.388. The van der Waals surface area contributed by atoms with Gasteiger partial charge in [0.25, 0.3) is 0 Å². The molecule has 3 amide bonds. The molecule has 0 saturated carbocycles. The number of rotatable bonds is 5. The van der Waals surface area contributed by atoms with Crippen LogP contribution in [-0.2, 0) is 21.1 Å². The summed E-state index contributed by atoms with van der Waals surface area (Å²) in [7, 11) is -3.71. The van der Waals surface area contributed by atoms with Gasteiger partial charge in [-0.1, -0.05) is 66.7 Å². The van der Waals surface area contributed by atoms with Crippen LogP contribution >= 0.6 is 0 Å². The van der Waals surface area contributed by atoms with Gasteiger partial charge in [0.1, 0.15) is 0 Å². The molecule has 7 nitrogen and oxygen atoms in total. The Morgan fingerprint density at radius 2 is 1.36 bits per heavy atom. The van der Waals surface area contributed by atoms with E-state index in [0.717, 1.165) is 16.3 Å². The highest BCUT2D eigenvalue weighted by molar-refractivity contribution is 7.91. The van der Waals surface area contributed by atoms with E-state index in [0.29, 0.717) is 0 Å². The number of hydrogen-bond acceptors (Lipinski definition) is 4. The molecule has 4 rings (SSSR count). The van der Waals surface area contributed by atoms with Crippen molar-refractivity contribution in [3.8, 4) is 0 Å². The number of hydrogen-bond donors (Lipinski definition) is 3. The van der Waals surface area contributed by atoms with E-state index in [1.54, 1.807) is 24.3 Å². The first kappa shape index (κ1) is 22.0. The molecule has 0 saturated heterocycles. The third-order valence-corrected chi connectivity index (χ3v) is 6.72. The zero-order chi connectivity index (χ0) is 23.3.